The van der Waals surface area contributed by atoms with Gasteiger partial charge in [0, 0.05) is 11.3 Å². The van der Waals surface area contributed by atoms with Gasteiger partial charge in [-0.2, -0.15) is 9.61 Å². The number of imidazole rings is 1. The van der Waals surface area contributed by atoms with Crippen molar-refractivity contribution in [1.29, 1.82) is 0 Å². The fourth-order valence-corrected chi connectivity index (χ4v) is 4.45. The van der Waals surface area contributed by atoms with E-state index in [9.17, 15) is 19.8 Å². The number of thiophene rings is 1. The first-order chi connectivity index (χ1) is 16.8. The van der Waals surface area contributed by atoms with Crippen LogP contribution in [-0.2, 0) is 0 Å². The zero-order valence-electron chi connectivity index (χ0n) is 19.1. The van der Waals surface area contributed by atoms with Crippen LogP contribution < -0.4 is 21.7 Å². The summed E-state index contributed by atoms with van der Waals surface area (Å²) in [4.78, 5) is 39.9. The highest BCUT2D eigenvalue weighted by atomic mass is 32.1. The summed E-state index contributed by atoms with van der Waals surface area (Å²) in [5.41, 5.74) is 1.47. The Kier molecular flexibility index (Phi) is 5.99. The van der Waals surface area contributed by atoms with Gasteiger partial charge in [0.1, 0.15) is 5.69 Å². The lowest BCUT2D eigenvalue weighted by Crippen LogP contribution is -2.40. The molecule has 1 atom stereocenters. The zero-order valence-corrected chi connectivity index (χ0v) is 20.0. The average molecular weight is 496 g/mol. The molecule has 0 saturated heterocycles. The van der Waals surface area contributed by atoms with Gasteiger partial charge in [-0.3, -0.25) is 14.8 Å². The molecule has 1 saturated carbocycles. The van der Waals surface area contributed by atoms with E-state index in [1.54, 1.807) is 22.9 Å². The molecule has 0 radical (unpaired) electrons. The van der Waals surface area contributed by atoms with Crippen LogP contribution in [0.5, 0.6) is 5.88 Å². The Hall–Kier alpha value is -3.77. The van der Waals surface area contributed by atoms with E-state index in [-0.39, 0.29) is 42.1 Å². The minimum Gasteiger partial charge on any atom is -0.493 e. The second kappa shape index (κ2) is 9.12. The molecule has 35 heavy (non-hydrogen) atoms. The van der Waals surface area contributed by atoms with Crippen LogP contribution in [0.2, 0.25) is 0 Å². The molecule has 1 amide bonds. The van der Waals surface area contributed by atoms with Crippen molar-refractivity contribution >= 4 is 29.0 Å². The Bertz CT molecular complexity index is 1580. The number of aliphatic hydroxyl groups is 1. The molecule has 0 spiro atoms. The highest BCUT2D eigenvalue weighted by Crippen LogP contribution is 2.27. The van der Waals surface area contributed by atoms with Crippen LogP contribution in [0, 0.1) is 5.92 Å². The van der Waals surface area contributed by atoms with E-state index < -0.39 is 5.69 Å². The molecule has 4 aromatic rings. The quantitative estimate of drug-likeness (QED) is 0.251. The van der Waals surface area contributed by atoms with Crippen molar-refractivity contribution in [2.45, 2.75) is 38.8 Å². The van der Waals surface area contributed by atoms with Crippen molar-refractivity contribution in [1.82, 2.24) is 29.9 Å². The largest absolute Gasteiger partial charge is 0.493 e. The molecule has 0 unspecified atom stereocenters. The number of aromatic hydroxyl groups is 1. The van der Waals surface area contributed by atoms with Crippen LogP contribution in [0.4, 0.5) is 0 Å². The first-order valence-electron chi connectivity index (χ1n) is 11.3. The molecule has 0 aliphatic heterocycles. The van der Waals surface area contributed by atoms with Crippen molar-refractivity contribution in [3.63, 3.8) is 0 Å². The van der Waals surface area contributed by atoms with Gasteiger partial charge in [0.05, 0.1) is 40.3 Å². The summed E-state index contributed by atoms with van der Waals surface area (Å²) in [6.07, 6.45) is 5.21. The van der Waals surface area contributed by atoms with Gasteiger partial charge < -0.3 is 20.5 Å². The van der Waals surface area contributed by atoms with E-state index in [4.69, 9.17) is 9.98 Å². The van der Waals surface area contributed by atoms with Crippen molar-refractivity contribution in [2.24, 2.45) is 10.9 Å². The van der Waals surface area contributed by atoms with Gasteiger partial charge in [-0.25, -0.2) is 9.78 Å². The fraction of sp³-hybridized carbons (Fsp3) is 0.348. The van der Waals surface area contributed by atoms with Gasteiger partial charge in [0.15, 0.2) is 11.1 Å². The number of aliphatic hydroxyl groups excluding tert-OH is 1. The highest BCUT2D eigenvalue weighted by molar-refractivity contribution is 7.17. The number of nitrogens with one attached hydrogen (secondary N) is 3. The summed E-state index contributed by atoms with van der Waals surface area (Å²) in [6.45, 7) is 3.75. The standard InChI is InChI=1S/C23H25N7O4S/c1-11(2)16(10-31)27-22(33)18-6-5-17(35-18)14-8-19(25-13-3-4-13)30-20(26-14)12(9-24-30)7-15-21(32)29-23(34)28-15/h5-9,11,13,16,31-32H,3-4,10H2,1-2H3,(H,27,33)(H2,28,29,34)/b12-7-,25-19?/t16-/m0/s1. The molecule has 1 aliphatic rings. The van der Waals surface area contributed by atoms with Gasteiger partial charge in [0.2, 0.25) is 5.88 Å². The van der Waals surface area contributed by atoms with E-state index in [1.165, 1.54) is 11.3 Å². The number of carbonyl (C=O) groups is 1. The molecule has 4 heterocycles. The minimum absolute atomic E-state index is 0.102. The molecule has 0 bridgehead atoms. The number of aromatic nitrogens is 5. The maximum Gasteiger partial charge on any atom is 0.326 e. The number of hydrogen-bond acceptors (Lipinski definition) is 8. The summed E-state index contributed by atoms with van der Waals surface area (Å²) >= 11 is 1.30. The van der Waals surface area contributed by atoms with Crippen LogP contribution in [0.1, 0.15) is 42.1 Å². The van der Waals surface area contributed by atoms with E-state index in [1.807, 2.05) is 26.0 Å². The number of rotatable bonds is 7. The Morgan fingerprint density at radius 1 is 1.37 bits per heavy atom. The molecular weight excluding hydrogens is 470 g/mol. The molecule has 1 fully saturated rings. The lowest BCUT2D eigenvalue weighted by atomic mass is 10.1. The van der Waals surface area contributed by atoms with Crippen molar-refractivity contribution in [2.75, 3.05) is 6.61 Å². The number of aromatic amines is 2. The van der Waals surface area contributed by atoms with Crippen LogP contribution in [0.3, 0.4) is 0 Å². The topological polar surface area (TPSA) is 161 Å². The first kappa shape index (κ1) is 23.0. The number of amides is 1. The zero-order chi connectivity index (χ0) is 24.7. The molecule has 182 valence electrons. The third-order valence-corrected chi connectivity index (χ3v) is 6.88. The monoisotopic (exact) mass is 495 g/mol. The number of carbonyl (C=O) groups excluding carboxylic acids is 1. The highest BCUT2D eigenvalue weighted by Gasteiger charge is 2.21. The van der Waals surface area contributed by atoms with Gasteiger partial charge in [-0.15, -0.1) is 11.3 Å². The van der Waals surface area contributed by atoms with E-state index >= 15 is 0 Å². The SMILES string of the molecule is CC(C)[C@H](CO)NC(=O)c1ccc(-c2cc(=NC3CC3)n3nc/c(=C/c4[nH]c(=O)[nH]c4O)c3n2)s1. The van der Waals surface area contributed by atoms with Crippen LogP contribution in [0.25, 0.3) is 22.3 Å². The maximum absolute atomic E-state index is 12.7. The van der Waals surface area contributed by atoms with Crippen molar-refractivity contribution < 1.29 is 15.0 Å². The summed E-state index contributed by atoms with van der Waals surface area (Å²) < 4.78 is 1.63. The predicted molar refractivity (Wildman–Crippen MR) is 130 cm³/mol. The summed E-state index contributed by atoms with van der Waals surface area (Å²) in [6, 6.07) is 5.33. The van der Waals surface area contributed by atoms with Crippen LogP contribution >= 0.6 is 11.3 Å². The second-order valence-corrected chi connectivity index (χ2v) is 9.94. The molecule has 12 heteroatoms. The average Bonchev–Trinajstić information content (AvgIpc) is 3.19. The Morgan fingerprint density at radius 3 is 2.83 bits per heavy atom. The van der Waals surface area contributed by atoms with Gasteiger partial charge in [-0.1, -0.05) is 13.8 Å². The lowest BCUT2D eigenvalue weighted by molar-refractivity contribution is 0.0901. The van der Waals surface area contributed by atoms with E-state index in [0.29, 0.717) is 26.9 Å². The smallest absolute Gasteiger partial charge is 0.326 e. The number of H-pyrrole nitrogens is 2. The predicted octanol–water partition coefficient (Wildman–Crippen LogP) is 0.537. The Labute approximate surface area is 202 Å². The van der Waals surface area contributed by atoms with E-state index in [0.717, 1.165) is 17.7 Å². The molecule has 4 aromatic heterocycles. The molecule has 1 aliphatic carbocycles. The Balaban J connectivity index is 1.58. The van der Waals surface area contributed by atoms with Gasteiger partial charge >= 0.3 is 5.69 Å². The normalized spacial score (nSPS) is 15.9. The number of nitrogens with zero attached hydrogens (tertiary/aromatic N) is 4. The van der Waals surface area contributed by atoms with Crippen molar-refractivity contribution in [3.05, 3.63) is 56.2 Å². The molecular formula is C23H25N7O4S. The lowest BCUT2D eigenvalue weighted by Gasteiger charge is -2.19. The summed E-state index contributed by atoms with van der Waals surface area (Å²) in [7, 11) is 0. The minimum atomic E-state index is -0.520. The van der Waals surface area contributed by atoms with Crippen LogP contribution in [-0.4, -0.2) is 59.4 Å². The third-order valence-electron chi connectivity index (χ3n) is 5.78. The number of hydrogen-bond donors (Lipinski definition) is 5. The molecule has 11 nitrogen and oxygen atoms in total. The maximum atomic E-state index is 12.7. The Morgan fingerprint density at radius 2 is 2.17 bits per heavy atom. The molecule has 0 aromatic carbocycles. The molecule has 5 rings (SSSR count). The van der Waals surface area contributed by atoms with Crippen LogP contribution in [0.15, 0.2) is 34.2 Å². The van der Waals surface area contributed by atoms with Gasteiger partial charge in [0.25, 0.3) is 5.91 Å². The molecule has 5 N–H and O–H groups in total. The fourth-order valence-electron chi connectivity index (χ4n) is 3.58. The van der Waals surface area contributed by atoms with E-state index in [2.05, 4.69) is 20.4 Å². The second-order valence-electron chi connectivity index (χ2n) is 8.85. The first-order valence-corrected chi connectivity index (χ1v) is 12.1. The van der Waals surface area contributed by atoms with Crippen molar-refractivity contribution in [3.8, 4) is 16.5 Å². The summed E-state index contributed by atoms with van der Waals surface area (Å²) in [5.74, 6) is -0.418. The third kappa shape index (κ3) is 4.75. The van der Waals surface area contributed by atoms with Gasteiger partial charge in [-0.05, 0) is 37.0 Å². The number of fused-ring (bicyclic) bond motifs is 1. The summed E-state index contributed by atoms with van der Waals surface area (Å²) in [5, 5.41) is 27.4.